The second-order valence-electron chi connectivity index (χ2n) is 6.49. The molecule has 2 heterocycles. The van der Waals surface area contributed by atoms with Crippen molar-refractivity contribution >= 4 is 12.0 Å². The normalized spacial score (nSPS) is 28.4. The Morgan fingerprint density at radius 1 is 1.29 bits per heavy atom. The van der Waals surface area contributed by atoms with E-state index in [-0.39, 0.29) is 12.1 Å². The van der Waals surface area contributed by atoms with Crippen LogP contribution in [-0.2, 0) is 4.79 Å². The predicted molar refractivity (Wildman–Crippen MR) is 80.2 cm³/mol. The van der Waals surface area contributed by atoms with E-state index < -0.39 is 11.4 Å². The third-order valence-electron chi connectivity index (χ3n) is 5.04. The SMILES string of the molecule is CCC1(C(=O)O)CCCN(C(=O)NC2CCN(C)CC2)C1. The minimum atomic E-state index is -0.776. The van der Waals surface area contributed by atoms with Gasteiger partial charge in [-0.25, -0.2) is 4.79 Å². The van der Waals surface area contributed by atoms with Crippen molar-refractivity contribution in [1.82, 2.24) is 15.1 Å². The molecule has 0 spiro atoms. The van der Waals surface area contributed by atoms with Crippen LogP contribution in [0, 0.1) is 5.41 Å². The highest BCUT2D eigenvalue weighted by molar-refractivity contribution is 5.79. The number of likely N-dealkylation sites (tertiary alicyclic amines) is 2. The molecule has 6 nitrogen and oxygen atoms in total. The lowest BCUT2D eigenvalue weighted by Crippen LogP contribution is -2.55. The highest BCUT2D eigenvalue weighted by Crippen LogP contribution is 2.33. The first kappa shape index (κ1) is 16.1. The summed E-state index contributed by atoms with van der Waals surface area (Å²) in [5.74, 6) is -0.776. The zero-order valence-corrected chi connectivity index (χ0v) is 13.1. The maximum Gasteiger partial charge on any atom is 0.317 e. The minimum absolute atomic E-state index is 0.0941. The summed E-state index contributed by atoms with van der Waals surface area (Å²) >= 11 is 0. The fourth-order valence-electron chi connectivity index (χ4n) is 3.34. The van der Waals surface area contributed by atoms with Gasteiger partial charge in [0.15, 0.2) is 0 Å². The number of rotatable bonds is 3. The van der Waals surface area contributed by atoms with Crippen molar-refractivity contribution in [2.45, 2.75) is 45.1 Å². The van der Waals surface area contributed by atoms with Crippen LogP contribution in [-0.4, -0.2) is 66.2 Å². The Bertz CT molecular complexity index is 394. The molecule has 0 bridgehead atoms. The van der Waals surface area contributed by atoms with E-state index in [9.17, 15) is 14.7 Å². The highest BCUT2D eigenvalue weighted by Gasteiger charge is 2.42. The monoisotopic (exact) mass is 297 g/mol. The smallest absolute Gasteiger partial charge is 0.317 e. The van der Waals surface area contributed by atoms with E-state index in [0.29, 0.717) is 25.9 Å². The number of urea groups is 1. The van der Waals surface area contributed by atoms with Crippen LogP contribution in [0.5, 0.6) is 0 Å². The maximum absolute atomic E-state index is 12.4. The molecule has 1 unspecified atom stereocenters. The minimum Gasteiger partial charge on any atom is -0.481 e. The van der Waals surface area contributed by atoms with Gasteiger partial charge in [0, 0.05) is 19.1 Å². The highest BCUT2D eigenvalue weighted by atomic mass is 16.4. The van der Waals surface area contributed by atoms with Crippen LogP contribution >= 0.6 is 0 Å². The summed E-state index contributed by atoms with van der Waals surface area (Å²) in [7, 11) is 2.09. The van der Waals surface area contributed by atoms with Crippen molar-refractivity contribution in [1.29, 1.82) is 0 Å². The van der Waals surface area contributed by atoms with E-state index in [1.54, 1.807) is 4.90 Å². The number of hydrogen-bond donors (Lipinski definition) is 2. The molecule has 2 N–H and O–H groups in total. The Labute approximate surface area is 126 Å². The zero-order valence-electron chi connectivity index (χ0n) is 13.1. The van der Waals surface area contributed by atoms with Gasteiger partial charge >= 0.3 is 12.0 Å². The van der Waals surface area contributed by atoms with Crippen LogP contribution in [0.15, 0.2) is 0 Å². The first-order valence-electron chi connectivity index (χ1n) is 7.94. The number of amides is 2. The summed E-state index contributed by atoms with van der Waals surface area (Å²) in [5, 5.41) is 12.6. The van der Waals surface area contributed by atoms with Crippen LogP contribution in [0.3, 0.4) is 0 Å². The third kappa shape index (κ3) is 3.67. The van der Waals surface area contributed by atoms with Crippen LogP contribution in [0.1, 0.15) is 39.0 Å². The van der Waals surface area contributed by atoms with Gasteiger partial charge in [-0.3, -0.25) is 4.79 Å². The van der Waals surface area contributed by atoms with E-state index >= 15 is 0 Å². The fraction of sp³-hybridized carbons (Fsp3) is 0.867. The Hall–Kier alpha value is -1.30. The number of carbonyl (C=O) groups is 2. The summed E-state index contributed by atoms with van der Waals surface area (Å²) in [4.78, 5) is 27.9. The van der Waals surface area contributed by atoms with Crippen LogP contribution in [0.4, 0.5) is 4.79 Å². The standard InChI is InChI=1S/C15H27N3O3/c1-3-15(13(19)20)7-4-8-18(11-15)14(21)16-12-5-9-17(2)10-6-12/h12H,3-11H2,1-2H3,(H,16,21)(H,19,20). The third-order valence-corrected chi connectivity index (χ3v) is 5.04. The number of aliphatic carboxylic acids is 1. The number of piperidine rings is 2. The second kappa shape index (κ2) is 6.64. The first-order chi connectivity index (χ1) is 9.97. The van der Waals surface area contributed by atoms with Crippen molar-refractivity contribution in [3.63, 3.8) is 0 Å². The lowest BCUT2D eigenvalue weighted by molar-refractivity contribution is -0.152. The van der Waals surface area contributed by atoms with Crippen molar-refractivity contribution < 1.29 is 14.7 Å². The number of carboxylic acid groups (broad SMARTS) is 1. The van der Waals surface area contributed by atoms with Gasteiger partial charge in [0.05, 0.1) is 5.41 Å². The van der Waals surface area contributed by atoms with Gasteiger partial charge in [0.2, 0.25) is 0 Å². The molecule has 2 fully saturated rings. The van der Waals surface area contributed by atoms with Gasteiger partial charge in [0.25, 0.3) is 0 Å². The Morgan fingerprint density at radius 2 is 1.95 bits per heavy atom. The van der Waals surface area contributed by atoms with Crippen LogP contribution < -0.4 is 5.32 Å². The van der Waals surface area contributed by atoms with E-state index in [0.717, 1.165) is 32.4 Å². The van der Waals surface area contributed by atoms with Crippen molar-refractivity contribution in [3.8, 4) is 0 Å². The molecule has 0 saturated carbocycles. The van der Waals surface area contributed by atoms with Crippen molar-refractivity contribution in [2.75, 3.05) is 33.2 Å². The molecule has 0 radical (unpaired) electrons. The number of nitrogens with one attached hydrogen (secondary N) is 1. The number of hydrogen-bond acceptors (Lipinski definition) is 3. The van der Waals surface area contributed by atoms with Crippen LogP contribution in [0.25, 0.3) is 0 Å². The van der Waals surface area contributed by atoms with Crippen LogP contribution in [0.2, 0.25) is 0 Å². The molecule has 2 aliphatic heterocycles. The average Bonchev–Trinajstić information content (AvgIpc) is 2.49. The van der Waals surface area contributed by atoms with Gasteiger partial charge in [-0.1, -0.05) is 6.92 Å². The molecule has 0 aliphatic carbocycles. The van der Waals surface area contributed by atoms with Gasteiger partial charge in [0.1, 0.15) is 0 Å². The molecule has 2 rings (SSSR count). The van der Waals surface area contributed by atoms with Gasteiger partial charge in [-0.2, -0.15) is 0 Å². The molecule has 21 heavy (non-hydrogen) atoms. The average molecular weight is 297 g/mol. The lowest BCUT2D eigenvalue weighted by Gasteiger charge is -2.40. The molecular weight excluding hydrogens is 270 g/mol. The van der Waals surface area contributed by atoms with Crippen molar-refractivity contribution in [2.24, 2.45) is 5.41 Å². The van der Waals surface area contributed by atoms with Gasteiger partial charge < -0.3 is 20.2 Å². The molecule has 2 aliphatic rings. The Balaban J connectivity index is 1.91. The topological polar surface area (TPSA) is 72.9 Å². The summed E-state index contributed by atoms with van der Waals surface area (Å²) in [5.41, 5.74) is -0.762. The number of nitrogens with zero attached hydrogens (tertiary/aromatic N) is 2. The van der Waals surface area contributed by atoms with Crippen molar-refractivity contribution in [3.05, 3.63) is 0 Å². The number of carboxylic acids is 1. The molecule has 0 aromatic carbocycles. The molecular formula is C15H27N3O3. The molecule has 0 aromatic rings. The van der Waals surface area contributed by atoms with E-state index in [1.807, 2.05) is 6.92 Å². The lowest BCUT2D eigenvalue weighted by atomic mass is 9.78. The molecule has 0 aromatic heterocycles. The summed E-state index contributed by atoms with van der Waals surface area (Å²) in [6, 6.07) is 0.125. The maximum atomic E-state index is 12.4. The summed E-state index contributed by atoms with van der Waals surface area (Å²) in [6.07, 6.45) is 3.93. The van der Waals surface area contributed by atoms with Gasteiger partial charge in [-0.05, 0) is 52.2 Å². The summed E-state index contributed by atoms with van der Waals surface area (Å²) in [6.45, 7) is 4.88. The van der Waals surface area contributed by atoms with E-state index in [2.05, 4.69) is 17.3 Å². The number of carbonyl (C=O) groups excluding carboxylic acids is 1. The Kier molecular flexibility index (Phi) is 5.08. The predicted octanol–water partition coefficient (Wildman–Crippen LogP) is 1.37. The van der Waals surface area contributed by atoms with Gasteiger partial charge in [-0.15, -0.1) is 0 Å². The zero-order chi connectivity index (χ0) is 15.5. The first-order valence-corrected chi connectivity index (χ1v) is 7.94. The van der Waals surface area contributed by atoms with E-state index in [4.69, 9.17) is 0 Å². The largest absolute Gasteiger partial charge is 0.481 e. The summed E-state index contributed by atoms with van der Waals surface area (Å²) < 4.78 is 0. The molecule has 1 atom stereocenters. The molecule has 2 amide bonds. The molecule has 2 saturated heterocycles. The van der Waals surface area contributed by atoms with E-state index in [1.165, 1.54) is 0 Å². The second-order valence-corrected chi connectivity index (χ2v) is 6.49. The fourth-order valence-corrected chi connectivity index (χ4v) is 3.34. The molecule has 120 valence electrons. The quantitative estimate of drug-likeness (QED) is 0.825. The molecule has 6 heteroatoms. The Morgan fingerprint density at radius 3 is 2.52 bits per heavy atom.